The number of hydrogen-bond acceptors (Lipinski definition) is 0. The van der Waals surface area contributed by atoms with E-state index in [-0.39, 0.29) is 5.41 Å². The third kappa shape index (κ3) is 3.32. The molecule has 1 heteroatoms. The zero-order valence-electron chi connectivity index (χ0n) is 22.4. The molecule has 5 aromatic carbocycles. The third-order valence-corrected chi connectivity index (χ3v) is 8.78. The first-order valence-corrected chi connectivity index (χ1v) is 13.5. The van der Waals surface area contributed by atoms with Crippen LogP contribution in [0.1, 0.15) is 38.8 Å². The van der Waals surface area contributed by atoms with Gasteiger partial charge < -0.3 is 4.57 Å². The average Bonchev–Trinajstić information content (AvgIpc) is 3.37. The van der Waals surface area contributed by atoms with Crippen LogP contribution in [0, 0.1) is 0 Å². The normalized spacial score (nSPS) is 14.4. The molecule has 0 fully saturated rings. The van der Waals surface area contributed by atoms with E-state index in [1.54, 1.807) is 0 Å². The zero-order valence-corrected chi connectivity index (χ0v) is 22.4. The Balaban J connectivity index is 1.58. The van der Waals surface area contributed by atoms with Crippen LogP contribution in [-0.2, 0) is 5.41 Å². The second-order valence-corrected chi connectivity index (χ2v) is 11.1. The van der Waals surface area contributed by atoms with Gasteiger partial charge in [0.2, 0.25) is 0 Å². The Morgan fingerprint density at radius 3 is 1.74 bits per heavy atom. The van der Waals surface area contributed by atoms with Crippen LogP contribution >= 0.6 is 0 Å². The molecule has 1 aliphatic carbocycles. The van der Waals surface area contributed by atoms with Crippen molar-refractivity contribution in [1.29, 1.82) is 0 Å². The molecule has 7 rings (SSSR count). The molecule has 1 nitrogen and oxygen atoms in total. The Morgan fingerprint density at radius 2 is 1.11 bits per heavy atom. The summed E-state index contributed by atoms with van der Waals surface area (Å²) in [5.74, 6) is 0. The number of aromatic nitrogens is 1. The molecule has 1 aromatic heterocycles. The Hall–Kier alpha value is -4.36. The number of benzene rings is 5. The summed E-state index contributed by atoms with van der Waals surface area (Å²) in [5, 5.41) is 2.62. The van der Waals surface area contributed by atoms with Crippen LogP contribution in [0.15, 0.2) is 121 Å². The van der Waals surface area contributed by atoms with Gasteiger partial charge >= 0.3 is 0 Å². The summed E-state index contributed by atoms with van der Waals surface area (Å²) in [6.45, 7) is 9.29. The molecule has 0 spiro atoms. The Labute approximate surface area is 224 Å². The van der Waals surface area contributed by atoms with E-state index in [1.807, 2.05) is 0 Å². The molecule has 0 bridgehead atoms. The molecule has 1 heterocycles. The largest absolute Gasteiger partial charge is 0.309 e. The van der Waals surface area contributed by atoms with Gasteiger partial charge in [0.1, 0.15) is 0 Å². The molecule has 1 aliphatic rings. The van der Waals surface area contributed by atoms with Gasteiger partial charge in [0.05, 0.1) is 11.0 Å². The topological polar surface area (TPSA) is 4.93 Å². The molecule has 184 valence electrons. The van der Waals surface area contributed by atoms with Crippen LogP contribution in [-0.4, -0.2) is 4.57 Å². The van der Waals surface area contributed by atoms with E-state index in [2.05, 4.69) is 148 Å². The highest BCUT2D eigenvalue weighted by Gasteiger charge is 2.34. The lowest BCUT2D eigenvalue weighted by Crippen LogP contribution is -2.15. The molecule has 0 atom stereocenters. The molecule has 38 heavy (non-hydrogen) atoms. The molecule has 0 saturated carbocycles. The van der Waals surface area contributed by atoms with Crippen molar-refractivity contribution in [1.82, 2.24) is 4.57 Å². The molecule has 0 radical (unpaired) electrons. The van der Waals surface area contributed by atoms with Gasteiger partial charge in [0.15, 0.2) is 0 Å². The lowest BCUT2D eigenvalue weighted by atomic mass is 9.81. The van der Waals surface area contributed by atoms with Crippen LogP contribution in [0.4, 0.5) is 0 Å². The maximum absolute atomic E-state index is 2.47. The minimum atomic E-state index is 0.0461. The van der Waals surface area contributed by atoms with Crippen LogP contribution in [0.5, 0.6) is 0 Å². The van der Waals surface area contributed by atoms with E-state index in [1.165, 1.54) is 72.0 Å². The van der Waals surface area contributed by atoms with E-state index in [0.717, 1.165) is 0 Å². The monoisotopic (exact) mass is 489 g/mol. The smallest absolute Gasteiger partial charge is 0.0547 e. The van der Waals surface area contributed by atoms with E-state index in [4.69, 9.17) is 0 Å². The van der Waals surface area contributed by atoms with E-state index >= 15 is 0 Å². The number of nitrogens with zero attached hydrogens (tertiary/aromatic N) is 1. The lowest BCUT2D eigenvalue weighted by molar-refractivity contribution is 0.639. The fraction of sp³-hybridized carbons (Fsp3) is 0.135. The van der Waals surface area contributed by atoms with Crippen LogP contribution < -0.4 is 0 Å². The molecule has 0 N–H and O–H groups in total. The first-order valence-electron chi connectivity index (χ1n) is 13.5. The van der Waals surface area contributed by atoms with Gasteiger partial charge in [-0.25, -0.2) is 0 Å². The maximum Gasteiger partial charge on any atom is 0.0547 e. The fourth-order valence-corrected chi connectivity index (χ4v) is 6.33. The van der Waals surface area contributed by atoms with Crippen molar-refractivity contribution in [3.8, 4) is 27.9 Å². The van der Waals surface area contributed by atoms with Crippen molar-refractivity contribution in [2.24, 2.45) is 0 Å². The van der Waals surface area contributed by atoms with Crippen molar-refractivity contribution in [2.75, 3.05) is 0 Å². The Morgan fingerprint density at radius 1 is 0.526 bits per heavy atom. The zero-order chi connectivity index (χ0) is 26.0. The molecule has 0 amide bonds. The van der Waals surface area contributed by atoms with E-state index < -0.39 is 0 Å². The first-order chi connectivity index (χ1) is 18.4. The van der Waals surface area contributed by atoms with E-state index in [9.17, 15) is 0 Å². The predicted molar refractivity (Wildman–Crippen MR) is 163 cm³/mol. The predicted octanol–water partition coefficient (Wildman–Crippen LogP) is 10.2. The van der Waals surface area contributed by atoms with Gasteiger partial charge in [-0.3, -0.25) is 0 Å². The van der Waals surface area contributed by atoms with Crippen molar-refractivity contribution in [3.05, 3.63) is 132 Å². The van der Waals surface area contributed by atoms with Gasteiger partial charge in [-0.2, -0.15) is 0 Å². The highest BCUT2D eigenvalue weighted by atomic mass is 15.0. The summed E-state index contributed by atoms with van der Waals surface area (Å²) in [6.07, 6.45) is 0. The number of hydrogen-bond donors (Lipinski definition) is 0. The molecular weight excluding hydrogens is 458 g/mol. The number of fused-ring (bicyclic) bond motifs is 4. The van der Waals surface area contributed by atoms with Gasteiger partial charge in [0.25, 0.3) is 0 Å². The van der Waals surface area contributed by atoms with Crippen LogP contribution in [0.2, 0.25) is 0 Å². The van der Waals surface area contributed by atoms with Crippen molar-refractivity contribution in [2.45, 2.75) is 33.1 Å². The summed E-state index contributed by atoms with van der Waals surface area (Å²) < 4.78 is 2.47. The maximum atomic E-state index is 2.47. The highest BCUT2D eigenvalue weighted by molar-refractivity contribution is 6.11. The molecule has 6 aromatic rings. The second kappa shape index (κ2) is 8.33. The second-order valence-electron chi connectivity index (χ2n) is 11.1. The fourth-order valence-electron chi connectivity index (χ4n) is 6.33. The Bertz CT molecular complexity index is 1820. The van der Waals surface area contributed by atoms with E-state index in [0.29, 0.717) is 0 Å². The van der Waals surface area contributed by atoms with Gasteiger partial charge in [0, 0.05) is 21.9 Å². The number of allylic oxidation sites excluding steroid dienone is 2. The summed E-state index contributed by atoms with van der Waals surface area (Å²) in [5.41, 5.74) is 14.3. The lowest BCUT2D eigenvalue weighted by Gasteiger charge is -2.22. The van der Waals surface area contributed by atoms with Crippen LogP contribution in [0.25, 0.3) is 55.3 Å². The van der Waals surface area contributed by atoms with Crippen molar-refractivity contribution in [3.63, 3.8) is 0 Å². The molecule has 0 aliphatic heterocycles. The quantitative estimate of drug-likeness (QED) is 0.233. The number of rotatable bonds is 3. The van der Waals surface area contributed by atoms with Crippen LogP contribution in [0.3, 0.4) is 0 Å². The molecular formula is C37H31N. The third-order valence-electron chi connectivity index (χ3n) is 8.78. The number of para-hydroxylation sites is 1. The SMILES string of the molecule is CC1=C(C)C(C)(C)c2cc3c4ccccc4n(-c4cc(-c5ccccc5)cc(-c5ccccc5)c4)c3cc21. The summed E-state index contributed by atoms with van der Waals surface area (Å²) in [7, 11) is 0. The minimum absolute atomic E-state index is 0.0461. The van der Waals surface area contributed by atoms with Gasteiger partial charge in [-0.15, -0.1) is 0 Å². The summed E-state index contributed by atoms with van der Waals surface area (Å²) >= 11 is 0. The molecule has 0 unspecified atom stereocenters. The average molecular weight is 490 g/mol. The summed E-state index contributed by atoms with van der Waals surface area (Å²) in [4.78, 5) is 0. The van der Waals surface area contributed by atoms with Gasteiger partial charge in [-0.05, 0) is 89.2 Å². The summed E-state index contributed by atoms with van der Waals surface area (Å²) in [6, 6.07) is 42.2. The van der Waals surface area contributed by atoms with Crippen molar-refractivity contribution < 1.29 is 0 Å². The standard InChI is InChI=1S/C37H31N/c1-24-25(2)37(3,4)34-22-33-31-17-11-12-18-35(31)38(36(33)23-32(24)34)30-20-28(26-13-7-5-8-14-26)19-29(21-30)27-15-9-6-10-16-27/h5-23H,1-4H3. The highest BCUT2D eigenvalue weighted by Crippen LogP contribution is 2.48. The minimum Gasteiger partial charge on any atom is -0.309 e. The van der Waals surface area contributed by atoms with Gasteiger partial charge in [-0.1, -0.05) is 98.3 Å². The Kier molecular flexibility index (Phi) is 5.00. The van der Waals surface area contributed by atoms with Crippen molar-refractivity contribution >= 4 is 27.4 Å². The molecule has 0 saturated heterocycles. The first kappa shape index (κ1) is 22.8.